The molecular weight excluding hydrogens is 210 g/mol. The summed E-state index contributed by atoms with van der Waals surface area (Å²) in [5, 5.41) is 0. The highest BCUT2D eigenvalue weighted by Crippen LogP contribution is 2.18. The quantitative estimate of drug-likeness (QED) is 0.745. The molecule has 1 aromatic rings. The Morgan fingerprint density at radius 1 is 1.35 bits per heavy atom. The van der Waals surface area contributed by atoms with Gasteiger partial charge in [-0.3, -0.25) is 4.90 Å². The molecule has 2 rings (SSSR count). The molecule has 92 valence electrons. The maximum Gasteiger partial charge on any atom is 0.124 e. The van der Waals surface area contributed by atoms with Gasteiger partial charge in [-0.1, -0.05) is 18.2 Å². The first kappa shape index (κ1) is 12.3. The van der Waals surface area contributed by atoms with Gasteiger partial charge in [0.15, 0.2) is 0 Å². The van der Waals surface area contributed by atoms with Crippen LogP contribution in [0.15, 0.2) is 18.2 Å². The second kappa shape index (κ2) is 5.46. The molecule has 1 aromatic carbocycles. The van der Waals surface area contributed by atoms with Gasteiger partial charge in [0, 0.05) is 19.0 Å². The van der Waals surface area contributed by atoms with Gasteiger partial charge in [0.2, 0.25) is 0 Å². The molecule has 1 fully saturated rings. The molecule has 1 saturated heterocycles. The number of hydrogen-bond donors (Lipinski definition) is 0. The molecule has 1 heterocycles. The van der Waals surface area contributed by atoms with Crippen molar-refractivity contribution >= 4 is 6.29 Å². The van der Waals surface area contributed by atoms with Gasteiger partial charge in [-0.05, 0) is 49.9 Å². The smallest absolute Gasteiger partial charge is 0.124 e. The SMILES string of the molecule is Cc1ccc(CN2CCCC(C=O)C2)cc1C. The Hall–Kier alpha value is -1.15. The van der Waals surface area contributed by atoms with Crippen LogP contribution in [0.25, 0.3) is 0 Å². The van der Waals surface area contributed by atoms with Gasteiger partial charge in [0.25, 0.3) is 0 Å². The van der Waals surface area contributed by atoms with Crippen molar-refractivity contribution in [2.45, 2.75) is 33.2 Å². The second-order valence-electron chi connectivity index (χ2n) is 5.19. The van der Waals surface area contributed by atoms with E-state index in [2.05, 4.69) is 36.9 Å². The highest BCUT2D eigenvalue weighted by molar-refractivity contribution is 5.53. The molecule has 0 saturated carbocycles. The Labute approximate surface area is 104 Å². The van der Waals surface area contributed by atoms with Crippen molar-refractivity contribution in [1.82, 2.24) is 4.90 Å². The molecule has 0 radical (unpaired) electrons. The zero-order chi connectivity index (χ0) is 12.3. The average Bonchev–Trinajstić information content (AvgIpc) is 2.34. The first-order chi connectivity index (χ1) is 8.19. The number of nitrogens with zero attached hydrogens (tertiary/aromatic N) is 1. The average molecular weight is 231 g/mol. The minimum atomic E-state index is 0.246. The van der Waals surface area contributed by atoms with Gasteiger partial charge in [0.05, 0.1) is 0 Å². The Morgan fingerprint density at radius 2 is 2.18 bits per heavy atom. The van der Waals surface area contributed by atoms with Crippen LogP contribution in [0.1, 0.15) is 29.5 Å². The standard InChI is InChI=1S/C15H21NO/c1-12-5-6-14(8-13(12)2)9-16-7-3-4-15(10-16)11-17/h5-6,8,11,15H,3-4,7,9-10H2,1-2H3. The third-order valence-electron chi connectivity index (χ3n) is 3.71. The Bertz CT molecular complexity index is 400. The second-order valence-corrected chi connectivity index (χ2v) is 5.19. The lowest BCUT2D eigenvalue weighted by Crippen LogP contribution is -2.35. The summed E-state index contributed by atoms with van der Waals surface area (Å²) in [4.78, 5) is 13.2. The van der Waals surface area contributed by atoms with Crippen LogP contribution in [0.4, 0.5) is 0 Å². The van der Waals surface area contributed by atoms with Gasteiger partial charge in [-0.2, -0.15) is 0 Å². The summed E-state index contributed by atoms with van der Waals surface area (Å²) in [6, 6.07) is 6.65. The van der Waals surface area contributed by atoms with E-state index < -0.39 is 0 Å². The van der Waals surface area contributed by atoms with Gasteiger partial charge >= 0.3 is 0 Å². The lowest BCUT2D eigenvalue weighted by molar-refractivity contribution is -0.112. The van der Waals surface area contributed by atoms with Crippen LogP contribution in [0.3, 0.4) is 0 Å². The van der Waals surface area contributed by atoms with Gasteiger partial charge in [0.1, 0.15) is 6.29 Å². The van der Waals surface area contributed by atoms with Crippen molar-refractivity contribution in [3.05, 3.63) is 34.9 Å². The third kappa shape index (κ3) is 3.16. The molecule has 1 atom stereocenters. The summed E-state index contributed by atoms with van der Waals surface area (Å²) in [6.07, 6.45) is 3.33. The van der Waals surface area contributed by atoms with E-state index >= 15 is 0 Å². The maximum absolute atomic E-state index is 10.8. The lowest BCUT2D eigenvalue weighted by Gasteiger charge is -2.30. The highest BCUT2D eigenvalue weighted by Gasteiger charge is 2.19. The molecule has 1 aliphatic rings. The van der Waals surface area contributed by atoms with Crippen LogP contribution in [-0.2, 0) is 11.3 Å². The summed E-state index contributed by atoms with van der Waals surface area (Å²) in [7, 11) is 0. The minimum Gasteiger partial charge on any atom is -0.303 e. The first-order valence-electron chi connectivity index (χ1n) is 6.43. The number of carbonyl (C=O) groups excluding carboxylic acids is 1. The van der Waals surface area contributed by atoms with Crippen molar-refractivity contribution in [3.8, 4) is 0 Å². The van der Waals surface area contributed by atoms with Crippen LogP contribution in [0.5, 0.6) is 0 Å². The predicted molar refractivity (Wildman–Crippen MR) is 70.0 cm³/mol. The fourth-order valence-electron chi connectivity index (χ4n) is 2.51. The van der Waals surface area contributed by atoms with Crippen LogP contribution in [0, 0.1) is 19.8 Å². The lowest BCUT2D eigenvalue weighted by atomic mass is 9.98. The third-order valence-corrected chi connectivity index (χ3v) is 3.71. The fraction of sp³-hybridized carbons (Fsp3) is 0.533. The predicted octanol–water partition coefficient (Wildman–Crippen LogP) is 2.71. The monoisotopic (exact) mass is 231 g/mol. The van der Waals surface area contributed by atoms with E-state index in [1.165, 1.54) is 16.7 Å². The summed E-state index contributed by atoms with van der Waals surface area (Å²) in [5.41, 5.74) is 4.06. The number of aldehydes is 1. The highest BCUT2D eigenvalue weighted by atomic mass is 16.1. The molecule has 0 N–H and O–H groups in total. The molecule has 0 bridgehead atoms. The normalized spacial score (nSPS) is 21.4. The molecule has 1 aliphatic heterocycles. The van der Waals surface area contributed by atoms with Gasteiger partial charge in [-0.15, -0.1) is 0 Å². The van der Waals surface area contributed by atoms with Crippen molar-refractivity contribution in [2.75, 3.05) is 13.1 Å². The number of likely N-dealkylation sites (tertiary alicyclic amines) is 1. The van der Waals surface area contributed by atoms with Gasteiger partial charge < -0.3 is 4.79 Å². The topological polar surface area (TPSA) is 20.3 Å². The summed E-state index contributed by atoms with van der Waals surface area (Å²) >= 11 is 0. The number of benzene rings is 1. The van der Waals surface area contributed by atoms with Crippen LogP contribution < -0.4 is 0 Å². The number of rotatable bonds is 3. The van der Waals surface area contributed by atoms with Crippen molar-refractivity contribution < 1.29 is 4.79 Å². The van der Waals surface area contributed by atoms with Gasteiger partial charge in [-0.25, -0.2) is 0 Å². The Morgan fingerprint density at radius 3 is 2.88 bits per heavy atom. The van der Waals surface area contributed by atoms with E-state index in [4.69, 9.17) is 0 Å². The molecule has 0 aliphatic carbocycles. The molecule has 2 heteroatoms. The number of piperidine rings is 1. The zero-order valence-electron chi connectivity index (χ0n) is 10.8. The van der Waals surface area contributed by atoms with E-state index in [0.717, 1.165) is 38.8 Å². The van der Waals surface area contributed by atoms with Crippen LogP contribution >= 0.6 is 0 Å². The van der Waals surface area contributed by atoms with E-state index in [9.17, 15) is 4.79 Å². The first-order valence-corrected chi connectivity index (χ1v) is 6.43. The molecule has 0 amide bonds. The van der Waals surface area contributed by atoms with E-state index in [1.807, 2.05) is 0 Å². The fourth-order valence-corrected chi connectivity index (χ4v) is 2.51. The van der Waals surface area contributed by atoms with Crippen molar-refractivity contribution in [2.24, 2.45) is 5.92 Å². The van der Waals surface area contributed by atoms with Crippen LogP contribution in [-0.4, -0.2) is 24.3 Å². The number of aryl methyl sites for hydroxylation is 2. The van der Waals surface area contributed by atoms with E-state index in [0.29, 0.717) is 0 Å². The molecule has 2 nitrogen and oxygen atoms in total. The van der Waals surface area contributed by atoms with Crippen LogP contribution in [0.2, 0.25) is 0 Å². The summed E-state index contributed by atoms with van der Waals surface area (Å²) in [6.45, 7) is 7.32. The van der Waals surface area contributed by atoms with Crippen molar-refractivity contribution in [3.63, 3.8) is 0 Å². The molecule has 1 unspecified atom stereocenters. The largest absolute Gasteiger partial charge is 0.303 e. The Kier molecular flexibility index (Phi) is 3.95. The summed E-state index contributed by atoms with van der Waals surface area (Å²) < 4.78 is 0. The maximum atomic E-state index is 10.8. The number of hydrogen-bond acceptors (Lipinski definition) is 2. The van der Waals surface area contributed by atoms with E-state index in [1.54, 1.807) is 0 Å². The van der Waals surface area contributed by atoms with Crippen molar-refractivity contribution in [1.29, 1.82) is 0 Å². The number of carbonyl (C=O) groups is 1. The molecular formula is C15H21NO. The summed E-state index contributed by atoms with van der Waals surface area (Å²) in [5.74, 6) is 0.246. The molecule has 0 spiro atoms. The minimum absolute atomic E-state index is 0.246. The molecule has 0 aromatic heterocycles. The Balaban J connectivity index is 2.00. The molecule has 17 heavy (non-hydrogen) atoms. The zero-order valence-corrected chi connectivity index (χ0v) is 10.8. The van der Waals surface area contributed by atoms with E-state index in [-0.39, 0.29) is 5.92 Å².